The van der Waals surface area contributed by atoms with Crippen LogP contribution in [0.5, 0.6) is 0 Å². The normalized spacial score (nSPS) is 13.7. The molecule has 1 aromatic rings. The fourth-order valence-electron chi connectivity index (χ4n) is 3.31. The van der Waals surface area contributed by atoms with Crippen LogP contribution in [0.1, 0.15) is 57.4 Å². The number of carbonyl (C=O) groups is 2. The third-order valence-corrected chi connectivity index (χ3v) is 4.91. The highest BCUT2D eigenvalue weighted by Crippen LogP contribution is 2.21. The van der Waals surface area contributed by atoms with E-state index in [0.717, 1.165) is 62.4 Å². The van der Waals surface area contributed by atoms with Crippen LogP contribution in [0.2, 0.25) is 0 Å². The Kier molecular flexibility index (Phi) is 13.1. The summed E-state index contributed by atoms with van der Waals surface area (Å²) in [4.78, 5) is 29.2. The second-order valence-electron chi connectivity index (χ2n) is 7.14. The molecule has 0 radical (unpaired) electrons. The topological polar surface area (TPSA) is 83.0 Å². The minimum atomic E-state index is -0.102. The van der Waals surface area contributed by atoms with Crippen LogP contribution in [0.15, 0.2) is 29.3 Å². The number of amides is 1. The molecule has 0 unspecified atom stereocenters. The Hall–Kier alpha value is -1.84. The van der Waals surface area contributed by atoms with Crippen LogP contribution < -0.4 is 15.5 Å². The number of halogens is 1. The van der Waals surface area contributed by atoms with Gasteiger partial charge in [-0.2, -0.15) is 0 Å². The molecule has 0 bridgehead atoms. The molecule has 0 saturated carbocycles. The molecule has 0 aliphatic carbocycles. The van der Waals surface area contributed by atoms with E-state index in [1.54, 1.807) is 7.05 Å². The number of carbonyl (C=O) groups excluding carboxylic acids is 2. The minimum absolute atomic E-state index is 0. The van der Waals surface area contributed by atoms with Gasteiger partial charge in [0.15, 0.2) is 5.96 Å². The van der Waals surface area contributed by atoms with Crippen molar-refractivity contribution < 1.29 is 14.3 Å². The molecular weight excluding hydrogens is 495 g/mol. The summed E-state index contributed by atoms with van der Waals surface area (Å²) >= 11 is 0. The fourth-order valence-corrected chi connectivity index (χ4v) is 3.31. The van der Waals surface area contributed by atoms with Crippen LogP contribution in [0.3, 0.4) is 0 Å². The zero-order valence-corrected chi connectivity index (χ0v) is 20.4. The maximum Gasteiger partial charge on any atom is 0.305 e. The maximum absolute atomic E-state index is 11.8. The van der Waals surface area contributed by atoms with E-state index in [1.165, 1.54) is 0 Å². The quantitative estimate of drug-likeness (QED) is 0.150. The lowest BCUT2D eigenvalue weighted by Crippen LogP contribution is -2.37. The molecule has 1 aliphatic heterocycles. The van der Waals surface area contributed by atoms with Crippen molar-refractivity contribution in [1.82, 2.24) is 10.6 Å². The number of ether oxygens (including phenoxy) is 1. The summed E-state index contributed by atoms with van der Waals surface area (Å²) < 4.78 is 4.92. The summed E-state index contributed by atoms with van der Waals surface area (Å²) in [6, 6.07) is 8.11. The number of anilines is 1. The number of benzene rings is 1. The molecule has 0 spiro atoms. The van der Waals surface area contributed by atoms with Gasteiger partial charge in [0.2, 0.25) is 5.91 Å². The Morgan fingerprint density at radius 3 is 2.50 bits per heavy atom. The summed E-state index contributed by atoms with van der Waals surface area (Å²) in [6.07, 6.45) is 6.10. The van der Waals surface area contributed by atoms with Gasteiger partial charge in [-0.15, -0.1) is 24.0 Å². The van der Waals surface area contributed by atoms with Gasteiger partial charge in [0.05, 0.1) is 6.61 Å². The van der Waals surface area contributed by atoms with Gasteiger partial charge in [-0.1, -0.05) is 25.0 Å². The molecule has 30 heavy (non-hydrogen) atoms. The molecule has 168 valence electrons. The van der Waals surface area contributed by atoms with E-state index in [9.17, 15) is 9.59 Å². The number of nitrogens with one attached hydrogen (secondary N) is 2. The molecule has 0 atom stereocenters. The lowest BCUT2D eigenvalue weighted by Gasteiger charge is -2.16. The van der Waals surface area contributed by atoms with Crippen LogP contribution in [0.4, 0.5) is 5.69 Å². The number of esters is 1. The van der Waals surface area contributed by atoms with Crippen LogP contribution in [0, 0.1) is 0 Å². The van der Waals surface area contributed by atoms with Crippen LogP contribution in [-0.2, 0) is 20.9 Å². The number of hydrogen-bond acceptors (Lipinski definition) is 4. The van der Waals surface area contributed by atoms with Crippen molar-refractivity contribution in [1.29, 1.82) is 0 Å². The summed E-state index contributed by atoms with van der Waals surface area (Å²) in [5, 5.41) is 6.63. The highest BCUT2D eigenvalue weighted by atomic mass is 127. The zero-order valence-electron chi connectivity index (χ0n) is 18.1. The van der Waals surface area contributed by atoms with Crippen molar-refractivity contribution >= 4 is 47.5 Å². The standard InChI is InChI=1S/C22H34N4O3.HI/c1-3-29-21(28)10-6-4-5-7-15-24-22(23-2)25-17-18-11-13-19(14-12-18)26-16-8-9-20(26)27;/h11-14H,3-10,15-17H2,1-2H3,(H2,23,24,25);1H. The first-order valence-corrected chi connectivity index (χ1v) is 10.6. The predicted octanol–water partition coefficient (Wildman–Crippen LogP) is 3.61. The number of hydrogen-bond donors (Lipinski definition) is 2. The lowest BCUT2D eigenvalue weighted by atomic mass is 10.1. The number of rotatable bonds is 11. The molecule has 2 rings (SSSR count). The van der Waals surface area contributed by atoms with Gasteiger partial charge in [0, 0.05) is 45.2 Å². The molecule has 1 aromatic carbocycles. The van der Waals surface area contributed by atoms with E-state index >= 15 is 0 Å². The first-order valence-electron chi connectivity index (χ1n) is 10.6. The zero-order chi connectivity index (χ0) is 20.9. The summed E-state index contributed by atoms with van der Waals surface area (Å²) in [6.45, 7) is 4.62. The van der Waals surface area contributed by atoms with Crippen LogP contribution in [0.25, 0.3) is 0 Å². The highest BCUT2D eigenvalue weighted by molar-refractivity contribution is 14.0. The van der Waals surface area contributed by atoms with E-state index in [2.05, 4.69) is 15.6 Å². The maximum atomic E-state index is 11.8. The van der Waals surface area contributed by atoms with E-state index in [4.69, 9.17) is 4.74 Å². The fraction of sp³-hybridized carbons (Fsp3) is 0.591. The SMILES string of the molecule is CCOC(=O)CCCCCCNC(=NC)NCc1ccc(N2CCCC2=O)cc1.I. The minimum Gasteiger partial charge on any atom is -0.466 e. The van der Waals surface area contributed by atoms with Crippen molar-refractivity contribution in [3.05, 3.63) is 29.8 Å². The Bertz CT molecular complexity index is 679. The van der Waals surface area contributed by atoms with Gasteiger partial charge < -0.3 is 20.3 Å². The largest absolute Gasteiger partial charge is 0.466 e. The first kappa shape index (κ1) is 26.2. The molecule has 1 saturated heterocycles. The summed E-state index contributed by atoms with van der Waals surface area (Å²) in [5.74, 6) is 0.881. The van der Waals surface area contributed by atoms with Crippen molar-refractivity contribution in [3.8, 4) is 0 Å². The average molecular weight is 530 g/mol. The van der Waals surface area contributed by atoms with Crippen LogP contribution >= 0.6 is 24.0 Å². The monoisotopic (exact) mass is 530 g/mol. The van der Waals surface area contributed by atoms with Crippen LogP contribution in [-0.4, -0.2) is 44.6 Å². The third kappa shape index (κ3) is 9.32. The number of unbranched alkanes of at least 4 members (excludes halogenated alkanes) is 3. The Labute approximate surface area is 197 Å². The molecule has 8 heteroatoms. The second kappa shape index (κ2) is 15.0. The van der Waals surface area contributed by atoms with Crippen molar-refractivity contribution in [3.63, 3.8) is 0 Å². The van der Waals surface area contributed by atoms with Crippen molar-refractivity contribution in [2.24, 2.45) is 4.99 Å². The van der Waals surface area contributed by atoms with Gasteiger partial charge >= 0.3 is 5.97 Å². The predicted molar refractivity (Wildman–Crippen MR) is 131 cm³/mol. The lowest BCUT2D eigenvalue weighted by molar-refractivity contribution is -0.143. The van der Waals surface area contributed by atoms with Gasteiger partial charge in [-0.3, -0.25) is 14.6 Å². The number of aliphatic imine (C=N–C) groups is 1. The van der Waals surface area contributed by atoms with E-state index in [0.29, 0.717) is 26.0 Å². The van der Waals surface area contributed by atoms with Crippen molar-refractivity contribution in [2.75, 3.05) is 31.6 Å². The first-order chi connectivity index (χ1) is 14.1. The van der Waals surface area contributed by atoms with E-state index in [-0.39, 0.29) is 35.9 Å². The molecule has 1 heterocycles. The second-order valence-corrected chi connectivity index (χ2v) is 7.14. The smallest absolute Gasteiger partial charge is 0.305 e. The van der Waals surface area contributed by atoms with Crippen molar-refractivity contribution in [2.45, 2.75) is 58.4 Å². The highest BCUT2D eigenvalue weighted by Gasteiger charge is 2.21. The average Bonchev–Trinajstić information content (AvgIpc) is 3.16. The molecule has 1 amide bonds. The molecule has 1 aliphatic rings. The number of nitrogens with zero attached hydrogens (tertiary/aromatic N) is 2. The Balaban J connectivity index is 0.00000450. The molecule has 0 aromatic heterocycles. The van der Waals surface area contributed by atoms with E-state index in [1.807, 2.05) is 36.1 Å². The van der Waals surface area contributed by atoms with E-state index < -0.39 is 0 Å². The summed E-state index contributed by atoms with van der Waals surface area (Å²) in [5.41, 5.74) is 2.11. The van der Waals surface area contributed by atoms with Gasteiger partial charge in [-0.05, 0) is 43.9 Å². The Morgan fingerprint density at radius 1 is 1.13 bits per heavy atom. The van der Waals surface area contributed by atoms with Gasteiger partial charge in [-0.25, -0.2) is 0 Å². The number of guanidine groups is 1. The Morgan fingerprint density at radius 2 is 1.87 bits per heavy atom. The van der Waals surface area contributed by atoms with Gasteiger partial charge in [0.25, 0.3) is 0 Å². The molecule has 2 N–H and O–H groups in total. The summed E-state index contributed by atoms with van der Waals surface area (Å²) in [7, 11) is 1.76. The molecule has 7 nitrogen and oxygen atoms in total. The third-order valence-electron chi connectivity index (χ3n) is 4.91. The van der Waals surface area contributed by atoms with Gasteiger partial charge in [0.1, 0.15) is 0 Å². The molecule has 1 fully saturated rings. The molecular formula is C22H35IN4O3.